The fourth-order valence-corrected chi connectivity index (χ4v) is 0.873. The van der Waals surface area contributed by atoms with Gasteiger partial charge < -0.3 is 10.2 Å². The summed E-state index contributed by atoms with van der Waals surface area (Å²) in [6, 6.07) is 0. The maximum Gasteiger partial charge on any atom is 0.303 e. The van der Waals surface area contributed by atoms with Crippen LogP contribution in [-0.2, 0) is 4.79 Å². The molecule has 0 radical (unpaired) electrons. The largest absolute Gasteiger partial charge is 0.481 e. The van der Waals surface area contributed by atoms with E-state index in [1.807, 2.05) is 13.8 Å². The summed E-state index contributed by atoms with van der Waals surface area (Å²) in [7, 11) is 0. The van der Waals surface area contributed by atoms with E-state index in [0.717, 1.165) is 0 Å². The monoisotopic (exact) mass is 160 g/mol. The number of aliphatic carboxylic acids is 1. The molecule has 0 spiro atoms. The molecule has 3 heteroatoms. The molecule has 0 unspecified atom stereocenters. The molecule has 0 aliphatic rings. The van der Waals surface area contributed by atoms with Crippen molar-refractivity contribution < 1.29 is 15.0 Å². The van der Waals surface area contributed by atoms with Gasteiger partial charge in [-0.2, -0.15) is 0 Å². The van der Waals surface area contributed by atoms with Gasteiger partial charge in [-0.1, -0.05) is 13.8 Å². The van der Waals surface area contributed by atoms with Crippen LogP contribution in [0.3, 0.4) is 0 Å². The number of carboxylic acid groups (broad SMARTS) is 1. The molecule has 0 bridgehead atoms. The fourth-order valence-electron chi connectivity index (χ4n) is 0.873. The van der Waals surface area contributed by atoms with Crippen LogP contribution < -0.4 is 0 Å². The smallest absolute Gasteiger partial charge is 0.303 e. The van der Waals surface area contributed by atoms with E-state index in [0.29, 0.717) is 12.8 Å². The first-order chi connectivity index (χ1) is 4.98. The van der Waals surface area contributed by atoms with E-state index in [4.69, 9.17) is 10.2 Å². The Hall–Kier alpha value is -0.570. The number of carboxylic acids is 1. The van der Waals surface area contributed by atoms with Crippen LogP contribution in [0.2, 0.25) is 0 Å². The number of aliphatic hydroxyl groups is 1. The highest BCUT2D eigenvalue weighted by Crippen LogP contribution is 2.25. The number of rotatable bonds is 5. The van der Waals surface area contributed by atoms with Crippen molar-refractivity contribution in [3.05, 3.63) is 0 Å². The van der Waals surface area contributed by atoms with E-state index in [1.165, 1.54) is 0 Å². The first-order valence-electron chi connectivity index (χ1n) is 3.80. The zero-order chi connectivity index (χ0) is 8.91. The molecule has 0 saturated carbocycles. The predicted molar refractivity (Wildman–Crippen MR) is 42.4 cm³/mol. The average Bonchev–Trinajstić information content (AvgIpc) is 1.84. The van der Waals surface area contributed by atoms with Crippen LogP contribution in [0.5, 0.6) is 0 Å². The van der Waals surface area contributed by atoms with Gasteiger partial charge in [-0.3, -0.25) is 4.79 Å². The maximum atomic E-state index is 10.2. The Morgan fingerprint density at radius 2 is 1.91 bits per heavy atom. The van der Waals surface area contributed by atoms with Gasteiger partial charge in [0, 0.05) is 13.0 Å². The first-order valence-corrected chi connectivity index (χ1v) is 3.80. The fraction of sp³-hybridized carbons (Fsp3) is 0.875. The highest BCUT2D eigenvalue weighted by atomic mass is 16.4. The molecule has 0 heterocycles. The topological polar surface area (TPSA) is 57.5 Å². The summed E-state index contributed by atoms with van der Waals surface area (Å²) in [5, 5.41) is 17.0. The Balaban J connectivity index is 3.63. The van der Waals surface area contributed by atoms with Crippen LogP contribution in [0.1, 0.15) is 33.1 Å². The molecule has 0 aromatic rings. The molecule has 66 valence electrons. The van der Waals surface area contributed by atoms with Crippen molar-refractivity contribution in [2.24, 2.45) is 5.41 Å². The van der Waals surface area contributed by atoms with Crippen molar-refractivity contribution in [3.63, 3.8) is 0 Å². The van der Waals surface area contributed by atoms with Crippen molar-refractivity contribution in [1.29, 1.82) is 0 Å². The molecule has 0 saturated heterocycles. The van der Waals surface area contributed by atoms with Crippen molar-refractivity contribution in [2.75, 3.05) is 6.61 Å². The Labute approximate surface area is 67.0 Å². The molecule has 0 aliphatic heterocycles. The third-order valence-corrected chi connectivity index (χ3v) is 1.80. The number of hydrogen-bond acceptors (Lipinski definition) is 2. The van der Waals surface area contributed by atoms with Crippen LogP contribution >= 0.6 is 0 Å². The van der Waals surface area contributed by atoms with E-state index >= 15 is 0 Å². The lowest BCUT2D eigenvalue weighted by atomic mass is 9.85. The molecule has 0 rings (SSSR count). The average molecular weight is 160 g/mol. The molecule has 0 amide bonds. The number of hydrogen-bond donors (Lipinski definition) is 2. The Bertz CT molecular complexity index is 129. The molecule has 2 N–H and O–H groups in total. The van der Waals surface area contributed by atoms with Crippen LogP contribution in [0.15, 0.2) is 0 Å². The summed E-state index contributed by atoms with van der Waals surface area (Å²) in [6.45, 7) is 4.06. The van der Waals surface area contributed by atoms with Crippen molar-refractivity contribution in [3.8, 4) is 0 Å². The van der Waals surface area contributed by atoms with Crippen LogP contribution in [0.4, 0.5) is 0 Å². The Kier molecular flexibility index (Phi) is 4.11. The van der Waals surface area contributed by atoms with E-state index < -0.39 is 5.97 Å². The lowest BCUT2D eigenvalue weighted by molar-refractivity contribution is -0.137. The second kappa shape index (κ2) is 4.34. The molecule has 0 aromatic heterocycles. The molecule has 0 aliphatic carbocycles. The molecular weight excluding hydrogens is 144 g/mol. The maximum absolute atomic E-state index is 10.2. The summed E-state index contributed by atoms with van der Waals surface area (Å²) in [6.07, 6.45) is 1.48. The summed E-state index contributed by atoms with van der Waals surface area (Å²) < 4.78 is 0. The highest BCUT2D eigenvalue weighted by Gasteiger charge is 2.17. The summed E-state index contributed by atoms with van der Waals surface area (Å²) in [5.41, 5.74) is -0.0485. The molecule has 3 nitrogen and oxygen atoms in total. The quantitative estimate of drug-likeness (QED) is 0.636. The van der Waals surface area contributed by atoms with E-state index in [9.17, 15) is 4.79 Å². The minimum atomic E-state index is -0.768. The number of aliphatic hydroxyl groups excluding tert-OH is 1. The summed E-state index contributed by atoms with van der Waals surface area (Å²) in [4.78, 5) is 10.2. The molecule has 0 aromatic carbocycles. The van der Waals surface area contributed by atoms with E-state index in [2.05, 4.69) is 0 Å². The molecular formula is C8H16O3. The van der Waals surface area contributed by atoms with Gasteiger partial charge in [0.2, 0.25) is 0 Å². The minimum Gasteiger partial charge on any atom is -0.481 e. The zero-order valence-electron chi connectivity index (χ0n) is 7.13. The van der Waals surface area contributed by atoms with Gasteiger partial charge in [0.1, 0.15) is 0 Å². The van der Waals surface area contributed by atoms with Gasteiger partial charge in [0.05, 0.1) is 0 Å². The summed E-state index contributed by atoms with van der Waals surface area (Å²) >= 11 is 0. The molecule has 11 heavy (non-hydrogen) atoms. The zero-order valence-corrected chi connectivity index (χ0v) is 7.13. The number of carbonyl (C=O) groups is 1. The van der Waals surface area contributed by atoms with Gasteiger partial charge in [-0.05, 0) is 18.3 Å². The van der Waals surface area contributed by atoms with Gasteiger partial charge >= 0.3 is 5.97 Å². The van der Waals surface area contributed by atoms with Gasteiger partial charge in [0.25, 0.3) is 0 Å². The third kappa shape index (κ3) is 5.85. The van der Waals surface area contributed by atoms with Gasteiger partial charge in [0.15, 0.2) is 0 Å². The lowest BCUT2D eigenvalue weighted by Gasteiger charge is -2.21. The Morgan fingerprint density at radius 1 is 1.36 bits per heavy atom. The predicted octanol–water partition coefficient (Wildman–Crippen LogP) is 1.26. The highest BCUT2D eigenvalue weighted by molar-refractivity contribution is 5.66. The van der Waals surface area contributed by atoms with Crippen LogP contribution in [0.25, 0.3) is 0 Å². The normalized spacial score (nSPS) is 11.5. The molecule has 0 fully saturated rings. The van der Waals surface area contributed by atoms with E-state index in [-0.39, 0.29) is 18.4 Å². The third-order valence-electron chi connectivity index (χ3n) is 1.80. The second-order valence-electron chi connectivity index (χ2n) is 3.53. The minimum absolute atomic E-state index is 0.0485. The van der Waals surface area contributed by atoms with Crippen LogP contribution in [-0.4, -0.2) is 22.8 Å². The Morgan fingerprint density at radius 3 is 2.27 bits per heavy atom. The van der Waals surface area contributed by atoms with Gasteiger partial charge in [-0.25, -0.2) is 0 Å². The van der Waals surface area contributed by atoms with Crippen molar-refractivity contribution in [2.45, 2.75) is 33.1 Å². The second-order valence-corrected chi connectivity index (χ2v) is 3.53. The van der Waals surface area contributed by atoms with Crippen LogP contribution in [0, 0.1) is 5.41 Å². The summed E-state index contributed by atoms with van der Waals surface area (Å²) in [5.74, 6) is -0.768. The van der Waals surface area contributed by atoms with Crippen molar-refractivity contribution >= 4 is 5.97 Å². The SMILES string of the molecule is CC(C)(CCO)CCC(=O)O. The van der Waals surface area contributed by atoms with Gasteiger partial charge in [-0.15, -0.1) is 0 Å². The molecule has 0 atom stereocenters. The standard InChI is InChI=1S/C8H16O3/c1-8(2,5-6-9)4-3-7(10)11/h9H,3-6H2,1-2H3,(H,10,11). The van der Waals surface area contributed by atoms with E-state index in [1.54, 1.807) is 0 Å². The first kappa shape index (κ1) is 10.4. The van der Waals surface area contributed by atoms with Crippen molar-refractivity contribution in [1.82, 2.24) is 0 Å². The lowest BCUT2D eigenvalue weighted by Crippen LogP contribution is -2.15.